The first kappa shape index (κ1) is 21.2. The Morgan fingerprint density at radius 2 is 1.96 bits per heavy atom. The maximum Gasteiger partial charge on any atom is 0.324 e. The Morgan fingerprint density at radius 1 is 1.21 bits per heavy atom. The molecule has 0 unspecified atom stereocenters. The fraction of sp³-hybridized carbons (Fsp3) is 0.857. The number of carbonyl (C=O) groups is 3. The average Bonchev–Trinajstić information content (AvgIpc) is 2.68. The van der Waals surface area contributed by atoms with E-state index in [9.17, 15) is 14.4 Å². The maximum absolute atomic E-state index is 13.1. The minimum absolute atomic E-state index is 0.0960. The first-order chi connectivity index (χ1) is 13.5. The van der Waals surface area contributed by atoms with E-state index in [0.29, 0.717) is 44.3 Å². The Balaban J connectivity index is 1.51. The van der Waals surface area contributed by atoms with Crippen molar-refractivity contribution < 1.29 is 14.4 Å². The van der Waals surface area contributed by atoms with Gasteiger partial charge in [0.2, 0.25) is 5.91 Å². The number of piperidine rings is 2. The van der Waals surface area contributed by atoms with E-state index in [0.717, 1.165) is 32.5 Å². The van der Waals surface area contributed by atoms with Gasteiger partial charge in [-0.3, -0.25) is 14.5 Å². The van der Waals surface area contributed by atoms with Crippen molar-refractivity contribution in [3.63, 3.8) is 0 Å². The highest BCUT2D eigenvalue weighted by Gasteiger charge is 2.41. The van der Waals surface area contributed by atoms with Gasteiger partial charge in [-0.15, -0.1) is 0 Å². The number of likely N-dealkylation sites (tertiary alicyclic amines) is 2. The summed E-state index contributed by atoms with van der Waals surface area (Å²) in [7, 11) is 2.04. The topological polar surface area (TPSA) is 73.0 Å². The second kappa shape index (κ2) is 9.83. The molecular formula is C21H36N4O3. The molecule has 2 saturated heterocycles. The highest BCUT2D eigenvalue weighted by molar-refractivity contribution is 5.95. The Bertz CT molecular complexity index is 576. The van der Waals surface area contributed by atoms with E-state index < -0.39 is 0 Å². The van der Waals surface area contributed by atoms with Crippen LogP contribution in [-0.4, -0.2) is 84.8 Å². The molecule has 2 aliphatic heterocycles. The van der Waals surface area contributed by atoms with Crippen LogP contribution in [0.4, 0.5) is 4.79 Å². The second-order valence-corrected chi connectivity index (χ2v) is 8.70. The predicted octanol–water partition coefficient (Wildman–Crippen LogP) is 1.72. The fourth-order valence-electron chi connectivity index (χ4n) is 5.22. The third kappa shape index (κ3) is 5.11. The summed E-state index contributed by atoms with van der Waals surface area (Å²) < 4.78 is 0. The fourth-order valence-corrected chi connectivity index (χ4v) is 5.22. The van der Waals surface area contributed by atoms with E-state index in [1.807, 2.05) is 14.0 Å². The largest absolute Gasteiger partial charge is 0.336 e. The molecule has 3 amide bonds. The molecule has 28 heavy (non-hydrogen) atoms. The van der Waals surface area contributed by atoms with Crippen LogP contribution >= 0.6 is 0 Å². The summed E-state index contributed by atoms with van der Waals surface area (Å²) in [5.74, 6) is 0.256. The number of urea groups is 1. The summed E-state index contributed by atoms with van der Waals surface area (Å²) >= 11 is 0. The van der Waals surface area contributed by atoms with Gasteiger partial charge in [-0.05, 0) is 58.7 Å². The molecule has 1 saturated carbocycles. The van der Waals surface area contributed by atoms with Crippen LogP contribution in [0, 0.1) is 11.8 Å². The normalized spacial score (nSPS) is 29.2. The first-order valence-electron chi connectivity index (χ1n) is 11.0. The standard InChI is InChI=1S/C21H36N4O3/c1-3-25(21(28)22-9-12-24-10-5-4-6-11-24)20(27)17-13-16-14-18(26)7-8-19(16)23(2)15-17/h16-17,19H,3-15H2,1-2H3,(H,22,28)/t16-,17-,19-/m1/s1. The molecule has 0 bridgehead atoms. The lowest BCUT2D eigenvalue weighted by atomic mass is 9.74. The zero-order valence-corrected chi connectivity index (χ0v) is 17.5. The van der Waals surface area contributed by atoms with Crippen molar-refractivity contribution in [2.45, 2.75) is 57.9 Å². The van der Waals surface area contributed by atoms with Crippen molar-refractivity contribution in [3.05, 3.63) is 0 Å². The van der Waals surface area contributed by atoms with Gasteiger partial charge in [0.05, 0.1) is 5.92 Å². The molecule has 0 aromatic carbocycles. The van der Waals surface area contributed by atoms with E-state index in [1.54, 1.807) is 0 Å². The number of imide groups is 1. The molecule has 3 atom stereocenters. The van der Waals surface area contributed by atoms with Gasteiger partial charge in [-0.25, -0.2) is 4.79 Å². The van der Waals surface area contributed by atoms with E-state index in [4.69, 9.17) is 0 Å². The predicted molar refractivity (Wildman–Crippen MR) is 108 cm³/mol. The Hall–Kier alpha value is -1.47. The van der Waals surface area contributed by atoms with Crippen LogP contribution in [0.25, 0.3) is 0 Å². The van der Waals surface area contributed by atoms with Crippen LogP contribution in [0.5, 0.6) is 0 Å². The number of rotatable bonds is 5. The number of ketones is 1. The summed E-state index contributed by atoms with van der Waals surface area (Å²) in [5, 5.41) is 2.93. The zero-order valence-electron chi connectivity index (χ0n) is 17.5. The smallest absolute Gasteiger partial charge is 0.324 e. The van der Waals surface area contributed by atoms with Gasteiger partial charge in [-0.1, -0.05) is 6.42 Å². The number of fused-ring (bicyclic) bond motifs is 1. The highest BCUT2D eigenvalue weighted by atomic mass is 16.2. The minimum Gasteiger partial charge on any atom is -0.336 e. The number of nitrogens with zero attached hydrogens (tertiary/aromatic N) is 3. The number of nitrogens with one attached hydrogen (secondary N) is 1. The molecule has 1 N–H and O–H groups in total. The average molecular weight is 393 g/mol. The SMILES string of the molecule is CCN(C(=O)NCCN1CCCCC1)C(=O)[C@@H]1C[C@@H]2CC(=O)CC[C@H]2N(C)C1. The lowest BCUT2D eigenvalue weighted by Gasteiger charge is -2.45. The van der Waals surface area contributed by atoms with Gasteiger partial charge in [0, 0.05) is 45.1 Å². The molecule has 7 heteroatoms. The Kier molecular flexibility index (Phi) is 7.46. The Labute approximate surface area is 168 Å². The van der Waals surface area contributed by atoms with Crippen molar-refractivity contribution in [2.24, 2.45) is 11.8 Å². The summed E-state index contributed by atoms with van der Waals surface area (Å²) in [6, 6.07) is 0.115. The molecule has 1 aliphatic carbocycles. The second-order valence-electron chi connectivity index (χ2n) is 8.70. The van der Waals surface area contributed by atoms with Crippen LogP contribution in [0.3, 0.4) is 0 Å². The molecule has 7 nitrogen and oxygen atoms in total. The van der Waals surface area contributed by atoms with Gasteiger partial charge in [0.15, 0.2) is 0 Å². The Morgan fingerprint density at radius 3 is 2.68 bits per heavy atom. The number of amides is 3. The van der Waals surface area contributed by atoms with Crippen LogP contribution in [0.15, 0.2) is 0 Å². The van der Waals surface area contributed by atoms with Gasteiger partial charge in [0.25, 0.3) is 0 Å². The molecule has 158 valence electrons. The molecule has 0 aromatic heterocycles. The quantitative estimate of drug-likeness (QED) is 0.771. The maximum atomic E-state index is 13.1. The van der Waals surface area contributed by atoms with Crippen LogP contribution in [0.2, 0.25) is 0 Å². The number of hydrogen-bond donors (Lipinski definition) is 1. The highest BCUT2D eigenvalue weighted by Crippen LogP contribution is 2.36. The van der Waals surface area contributed by atoms with Crippen molar-refractivity contribution in [1.82, 2.24) is 20.0 Å². The van der Waals surface area contributed by atoms with Crippen molar-refractivity contribution in [1.29, 1.82) is 0 Å². The van der Waals surface area contributed by atoms with Crippen molar-refractivity contribution in [3.8, 4) is 0 Å². The van der Waals surface area contributed by atoms with Crippen LogP contribution < -0.4 is 5.32 Å². The van der Waals surface area contributed by atoms with Crippen LogP contribution in [0.1, 0.15) is 51.9 Å². The summed E-state index contributed by atoms with van der Waals surface area (Å²) in [6.45, 7) is 6.51. The molecule has 2 heterocycles. The van der Waals surface area contributed by atoms with E-state index in [1.165, 1.54) is 24.2 Å². The zero-order chi connectivity index (χ0) is 20.1. The molecule has 3 aliphatic rings. The molecule has 3 fully saturated rings. The lowest BCUT2D eigenvalue weighted by Crippen LogP contribution is -2.55. The molecule has 0 spiro atoms. The van der Waals surface area contributed by atoms with Crippen molar-refractivity contribution in [2.75, 3.05) is 46.3 Å². The third-order valence-corrected chi connectivity index (χ3v) is 6.74. The van der Waals surface area contributed by atoms with E-state index >= 15 is 0 Å². The van der Waals surface area contributed by atoms with Gasteiger partial charge < -0.3 is 15.1 Å². The van der Waals surface area contributed by atoms with Gasteiger partial charge in [-0.2, -0.15) is 0 Å². The summed E-state index contributed by atoms with van der Waals surface area (Å²) in [6.07, 6.45) is 6.61. The first-order valence-corrected chi connectivity index (χ1v) is 11.0. The summed E-state index contributed by atoms with van der Waals surface area (Å²) in [5.41, 5.74) is 0. The number of carbonyl (C=O) groups excluding carboxylic acids is 3. The van der Waals surface area contributed by atoms with Gasteiger partial charge in [0.1, 0.15) is 5.78 Å². The van der Waals surface area contributed by atoms with E-state index in [2.05, 4.69) is 15.1 Å². The number of Topliss-reactive ketones (excluding diaryl/α,β-unsaturated/α-hetero) is 1. The molecular weight excluding hydrogens is 356 g/mol. The van der Waals surface area contributed by atoms with E-state index in [-0.39, 0.29) is 23.8 Å². The van der Waals surface area contributed by atoms with Gasteiger partial charge >= 0.3 is 6.03 Å². The lowest BCUT2D eigenvalue weighted by molar-refractivity contribution is -0.138. The summed E-state index contributed by atoms with van der Waals surface area (Å²) in [4.78, 5) is 43.5. The van der Waals surface area contributed by atoms with Crippen molar-refractivity contribution >= 4 is 17.7 Å². The monoisotopic (exact) mass is 392 g/mol. The number of hydrogen-bond acceptors (Lipinski definition) is 5. The molecule has 0 radical (unpaired) electrons. The van der Waals surface area contributed by atoms with Crippen LogP contribution in [-0.2, 0) is 9.59 Å². The molecule has 0 aromatic rings. The molecule has 3 rings (SSSR count). The minimum atomic E-state index is -0.283. The third-order valence-electron chi connectivity index (χ3n) is 6.74.